The zero-order valence-electron chi connectivity index (χ0n) is 21.0. The summed E-state index contributed by atoms with van der Waals surface area (Å²) in [6.45, 7) is 6.06. The SMILES string of the molecule is CCNC(=O)C(CC)N(Cc1ccc(OC)cc1)C(=O)CN(c1ccc(OCC)cc1)S(C)(=O)=O. The minimum atomic E-state index is -3.79. The highest BCUT2D eigenvalue weighted by Crippen LogP contribution is 2.23. The van der Waals surface area contributed by atoms with E-state index >= 15 is 0 Å². The Balaban J connectivity index is 2.39. The molecule has 1 N–H and O–H groups in total. The average molecular weight is 506 g/mol. The lowest BCUT2D eigenvalue weighted by atomic mass is 10.1. The Hall–Kier alpha value is -3.27. The zero-order valence-corrected chi connectivity index (χ0v) is 21.8. The minimum absolute atomic E-state index is 0.138. The maximum absolute atomic E-state index is 13.6. The smallest absolute Gasteiger partial charge is 0.244 e. The number of likely N-dealkylation sites (N-methyl/N-ethyl adjacent to an activating group) is 1. The van der Waals surface area contributed by atoms with Gasteiger partial charge in [-0.2, -0.15) is 0 Å². The van der Waals surface area contributed by atoms with Gasteiger partial charge < -0.3 is 19.7 Å². The molecule has 0 saturated heterocycles. The molecule has 0 bridgehead atoms. The normalized spacial score (nSPS) is 11.9. The van der Waals surface area contributed by atoms with Crippen molar-refractivity contribution in [2.24, 2.45) is 0 Å². The number of methoxy groups -OCH3 is 1. The number of hydrogen-bond acceptors (Lipinski definition) is 6. The molecule has 10 heteroatoms. The topological polar surface area (TPSA) is 105 Å². The first kappa shape index (κ1) is 28.0. The lowest BCUT2D eigenvalue weighted by molar-refractivity contribution is -0.140. The largest absolute Gasteiger partial charge is 0.497 e. The van der Waals surface area contributed by atoms with Crippen LogP contribution in [0, 0.1) is 0 Å². The van der Waals surface area contributed by atoms with E-state index in [-0.39, 0.29) is 12.5 Å². The molecule has 0 fully saturated rings. The summed E-state index contributed by atoms with van der Waals surface area (Å²) in [5.74, 6) is 0.489. The number of benzene rings is 2. The monoisotopic (exact) mass is 505 g/mol. The second kappa shape index (κ2) is 13.0. The maximum Gasteiger partial charge on any atom is 0.244 e. The van der Waals surface area contributed by atoms with Gasteiger partial charge in [-0.25, -0.2) is 8.42 Å². The number of rotatable bonds is 13. The summed E-state index contributed by atoms with van der Waals surface area (Å²) < 4.78 is 36.9. The average Bonchev–Trinajstić information content (AvgIpc) is 2.83. The van der Waals surface area contributed by atoms with E-state index in [9.17, 15) is 18.0 Å². The number of sulfonamides is 1. The quantitative estimate of drug-likeness (QED) is 0.449. The van der Waals surface area contributed by atoms with Gasteiger partial charge >= 0.3 is 0 Å². The van der Waals surface area contributed by atoms with Crippen LogP contribution >= 0.6 is 0 Å². The van der Waals surface area contributed by atoms with Crippen molar-refractivity contribution in [1.29, 1.82) is 0 Å². The van der Waals surface area contributed by atoms with Gasteiger partial charge in [-0.05, 0) is 62.2 Å². The summed E-state index contributed by atoms with van der Waals surface area (Å²) in [6.07, 6.45) is 1.42. The van der Waals surface area contributed by atoms with Gasteiger partial charge in [-0.3, -0.25) is 13.9 Å². The van der Waals surface area contributed by atoms with Crippen molar-refractivity contribution in [3.8, 4) is 11.5 Å². The first-order valence-electron chi connectivity index (χ1n) is 11.5. The van der Waals surface area contributed by atoms with E-state index < -0.39 is 28.5 Å². The van der Waals surface area contributed by atoms with E-state index in [0.29, 0.717) is 36.8 Å². The lowest BCUT2D eigenvalue weighted by Gasteiger charge is -2.32. The predicted octanol–water partition coefficient (Wildman–Crippen LogP) is 2.80. The van der Waals surface area contributed by atoms with Crippen LogP contribution in [0.2, 0.25) is 0 Å². The molecule has 2 aromatic rings. The van der Waals surface area contributed by atoms with Crippen LogP contribution in [0.5, 0.6) is 11.5 Å². The molecule has 1 atom stereocenters. The van der Waals surface area contributed by atoms with Crippen molar-refractivity contribution >= 4 is 27.5 Å². The number of ether oxygens (including phenoxy) is 2. The van der Waals surface area contributed by atoms with E-state index in [1.807, 2.05) is 26.0 Å². The van der Waals surface area contributed by atoms with Gasteiger partial charge in [0, 0.05) is 13.1 Å². The van der Waals surface area contributed by atoms with Gasteiger partial charge in [-0.1, -0.05) is 19.1 Å². The van der Waals surface area contributed by atoms with Crippen LogP contribution in [0.25, 0.3) is 0 Å². The fourth-order valence-corrected chi connectivity index (χ4v) is 4.48. The molecule has 0 heterocycles. The molecule has 0 spiro atoms. The summed E-state index contributed by atoms with van der Waals surface area (Å²) in [4.78, 5) is 27.8. The molecule has 2 amide bonds. The van der Waals surface area contributed by atoms with Crippen LogP contribution in [-0.2, 0) is 26.2 Å². The number of amides is 2. The van der Waals surface area contributed by atoms with Crippen LogP contribution < -0.4 is 19.1 Å². The third-order valence-corrected chi connectivity index (χ3v) is 6.50. The van der Waals surface area contributed by atoms with Crippen molar-refractivity contribution in [1.82, 2.24) is 10.2 Å². The van der Waals surface area contributed by atoms with Gasteiger partial charge in [0.25, 0.3) is 0 Å². The molecule has 0 radical (unpaired) electrons. The number of hydrogen-bond donors (Lipinski definition) is 1. The molecule has 1 unspecified atom stereocenters. The van der Waals surface area contributed by atoms with Gasteiger partial charge in [-0.15, -0.1) is 0 Å². The molecule has 0 aliphatic heterocycles. The first-order chi connectivity index (χ1) is 16.6. The van der Waals surface area contributed by atoms with Crippen molar-refractivity contribution in [2.45, 2.75) is 39.8 Å². The zero-order chi connectivity index (χ0) is 26.0. The highest BCUT2D eigenvalue weighted by Gasteiger charge is 2.31. The molecule has 0 aromatic heterocycles. The maximum atomic E-state index is 13.6. The van der Waals surface area contributed by atoms with Crippen LogP contribution in [0.4, 0.5) is 5.69 Å². The molecule has 2 aromatic carbocycles. The van der Waals surface area contributed by atoms with E-state index in [1.54, 1.807) is 50.4 Å². The van der Waals surface area contributed by atoms with E-state index in [2.05, 4.69) is 5.32 Å². The minimum Gasteiger partial charge on any atom is -0.497 e. The number of nitrogens with one attached hydrogen (secondary N) is 1. The van der Waals surface area contributed by atoms with Crippen LogP contribution in [0.1, 0.15) is 32.8 Å². The molecule has 0 aliphatic rings. The molecule has 0 saturated carbocycles. The second-order valence-corrected chi connectivity index (χ2v) is 9.79. The predicted molar refractivity (Wildman–Crippen MR) is 136 cm³/mol. The van der Waals surface area contributed by atoms with Crippen molar-refractivity contribution in [2.75, 3.05) is 37.4 Å². The molecule has 2 rings (SSSR count). The standard InChI is InChI=1S/C25H35N3O6S/c1-6-23(25(30)26-7-2)27(17-19-9-13-21(33-4)14-10-19)24(29)18-28(35(5,31)32)20-11-15-22(16-12-20)34-8-3/h9-16,23H,6-8,17-18H2,1-5H3,(H,26,30). The van der Waals surface area contributed by atoms with E-state index in [4.69, 9.17) is 9.47 Å². The number of anilines is 1. The van der Waals surface area contributed by atoms with Crippen LogP contribution in [0.15, 0.2) is 48.5 Å². The summed E-state index contributed by atoms with van der Waals surface area (Å²) in [6, 6.07) is 12.9. The molecule has 35 heavy (non-hydrogen) atoms. The Morgan fingerprint density at radius 1 is 0.971 bits per heavy atom. The first-order valence-corrected chi connectivity index (χ1v) is 13.4. The third-order valence-electron chi connectivity index (χ3n) is 5.36. The molecule has 192 valence electrons. The Morgan fingerprint density at radius 2 is 1.57 bits per heavy atom. The van der Waals surface area contributed by atoms with Gasteiger partial charge in [0.05, 0.1) is 25.7 Å². The fraction of sp³-hybridized carbons (Fsp3) is 0.440. The second-order valence-electron chi connectivity index (χ2n) is 7.88. The number of carbonyl (C=O) groups excluding carboxylic acids is 2. The Bertz CT molecular complexity index is 1070. The van der Waals surface area contributed by atoms with Crippen molar-refractivity contribution < 1.29 is 27.5 Å². The molecule has 0 aliphatic carbocycles. The van der Waals surface area contributed by atoms with Crippen LogP contribution in [-0.4, -0.2) is 64.2 Å². The molecule has 9 nitrogen and oxygen atoms in total. The van der Waals surface area contributed by atoms with Crippen molar-refractivity contribution in [3.63, 3.8) is 0 Å². The molecular formula is C25H35N3O6S. The lowest BCUT2D eigenvalue weighted by Crippen LogP contribution is -2.52. The summed E-state index contributed by atoms with van der Waals surface area (Å²) in [7, 11) is -2.23. The highest BCUT2D eigenvalue weighted by molar-refractivity contribution is 7.92. The summed E-state index contributed by atoms with van der Waals surface area (Å²) >= 11 is 0. The number of carbonyl (C=O) groups is 2. The van der Waals surface area contributed by atoms with Gasteiger partial charge in [0.1, 0.15) is 24.1 Å². The summed E-state index contributed by atoms with van der Waals surface area (Å²) in [5, 5.41) is 2.77. The highest BCUT2D eigenvalue weighted by atomic mass is 32.2. The van der Waals surface area contributed by atoms with Gasteiger partial charge in [0.2, 0.25) is 21.8 Å². The molecular weight excluding hydrogens is 470 g/mol. The fourth-order valence-electron chi connectivity index (χ4n) is 3.63. The van der Waals surface area contributed by atoms with Crippen molar-refractivity contribution in [3.05, 3.63) is 54.1 Å². The van der Waals surface area contributed by atoms with E-state index in [0.717, 1.165) is 16.1 Å². The van der Waals surface area contributed by atoms with Gasteiger partial charge in [0.15, 0.2) is 0 Å². The third kappa shape index (κ3) is 7.88. The Kier molecular flexibility index (Phi) is 10.4. The van der Waals surface area contributed by atoms with E-state index in [1.165, 1.54) is 4.90 Å². The van der Waals surface area contributed by atoms with Crippen LogP contribution in [0.3, 0.4) is 0 Å². The number of nitrogens with zero attached hydrogens (tertiary/aromatic N) is 2. The summed E-state index contributed by atoms with van der Waals surface area (Å²) in [5.41, 5.74) is 1.12. The Labute approximate surface area is 208 Å². The Morgan fingerprint density at radius 3 is 2.06 bits per heavy atom.